The van der Waals surface area contributed by atoms with Crippen LogP contribution in [0, 0.1) is 5.82 Å². The zero-order valence-corrected chi connectivity index (χ0v) is 17.4. The summed E-state index contributed by atoms with van der Waals surface area (Å²) in [5.41, 5.74) is 3.57. The minimum Gasteiger partial charge on any atom is -0.497 e. The number of hydrogen-bond donors (Lipinski definition) is 0. The molecule has 32 heavy (non-hydrogen) atoms. The van der Waals surface area contributed by atoms with Crippen LogP contribution in [0.15, 0.2) is 77.9 Å². The van der Waals surface area contributed by atoms with Gasteiger partial charge in [-0.25, -0.2) is 4.39 Å². The van der Waals surface area contributed by atoms with E-state index < -0.39 is 11.7 Å². The van der Waals surface area contributed by atoms with Gasteiger partial charge in [0.2, 0.25) is 0 Å². The van der Waals surface area contributed by atoms with Gasteiger partial charge in [-0.3, -0.25) is 19.5 Å². The van der Waals surface area contributed by atoms with Gasteiger partial charge in [0.25, 0.3) is 5.78 Å². The molecule has 0 saturated heterocycles. The highest BCUT2D eigenvalue weighted by Crippen LogP contribution is 2.36. The number of halogens is 1. The molecule has 0 aliphatic carbocycles. The molecule has 5 rings (SSSR count). The molecule has 3 aromatic carbocycles. The third kappa shape index (κ3) is 3.41. The molecule has 6 nitrogen and oxygen atoms in total. The number of benzene rings is 3. The summed E-state index contributed by atoms with van der Waals surface area (Å²) in [6, 6.07) is 20.6. The van der Waals surface area contributed by atoms with E-state index in [0.29, 0.717) is 17.7 Å². The molecule has 0 N–H and O–H groups in total. The van der Waals surface area contributed by atoms with Crippen molar-refractivity contribution in [2.75, 3.05) is 18.7 Å². The van der Waals surface area contributed by atoms with Crippen LogP contribution in [0.3, 0.4) is 0 Å². The summed E-state index contributed by atoms with van der Waals surface area (Å²) in [6.07, 6.45) is 0.566. The van der Waals surface area contributed by atoms with E-state index in [2.05, 4.69) is 0 Å². The van der Waals surface area contributed by atoms with Gasteiger partial charge in [-0.1, -0.05) is 36.4 Å². The minimum atomic E-state index is -0.575. The summed E-state index contributed by atoms with van der Waals surface area (Å²) < 4.78 is 18.9. The molecule has 0 bridgehead atoms. The molecule has 1 atom stereocenters. The van der Waals surface area contributed by atoms with Gasteiger partial charge in [0.05, 0.1) is 30.1 Å². The van der Waals surface area contributed by atoms with Gasteiger partial charge in [-0.2, -0.15) is 5.10 Å². The quantitative estimate of drug-likeness (QED) is 0.571. The zero-order chi connectivity index (χ0) is 22.2. The number of para-hydroxylation sites is 1. The Morgan fingerprint density at radius 2 is 1.81 bits per heavy atom. The fourth-order valence-electron chi connectivity index (χ4n) is 4.17. The van der Waals surface area contributed by atoms with Crippen LogP contribution in [-0.4, -0.2) is 36.2 Å². The van der Waals surface area contributed by atoms with Crippen LogP contribution in [0.4, 0.5) is 10.1 Å². The van der Waals surface area contributed by atoms with E-state index in [4.69, 9.17) is 9.84 Å². The molecular weight excluding hydrogens is 409 g/mol. The number of carbonyl (C=O) groups excluding carboxylic acids is 2. The number of Topliss-reactive ketones (excluding diaryl/α,β-unsaturated/α-hetero) is 1. The van der Waals surface area contributed by atoms with E-state index in [1.807, 2.05) is 24.3 Å². The number of methoxy groups -OCH3 is 1. The fraction of sp³-hybridized carbons (Fsp3) is 0.160. The summed E-state index contributed by atoms with van der Waals surface area (Å²) in [6.45, 7) is 0.108. The SMILES string of the molecule is COc1cccc(C2=NN(CN3C(=O)C(=O)c4ccccc43)C(c3ccc(F)cc3)C2)c1. The molecular formula is C25H20FN3O3. The summed E-state index contributed by atoms with van der Waals surface area (Å²) in [5.74, 6) is -0.693. The molecule has 1 amide bonds. The Kier molecular flexibility index (Phi) is 4.93. The number of amides is 1. The maximum absolute atomic E-state index is 13.5. The summed E-state index contributed by atoms with van der Waals surface area (Å²) in [5, 5.41) is 6.59. The van der Waals surface area contributed by atoms with Gasteiger partial charge in [0.15, 0.2) is 0 Å². The second-order valence-corrected chi connectivity index (χ2v) is 7.71. The van der Waals surface area contributed by atoms with Crippen molar-refractivity contribution in [2.45, 2.75) is 12.5 Å². The van der Waals surface area contributed by atoms with E-state index in [0.717, 1.165) is 22.6 Å². The van der Waals surface area contributed by atoms with Crippen molar-refractivity contribution in [1.29, 1.82) is 0 Å². The predicted octanol–water partition coefficient (Wildman–Crippen LogP) is 4.17. The van der Waals surface area contributed by atoms with Crippen molar-refractivity contribution in [1.82, 2.24) is 5.01 Å². The first-order chi connectivity index (χ1) is 15.5. The monoisotopic (exact) mass is 429 g/mol. The lowest BCUT2D eigenvalue weighted by atomic mass is 9.98. The Bertz CT molecular complexity index is 1240. The molecule has 7 heteroatoms. The Labute approximate surface area is 184 Å². The Hall–Kier alpha value is -4.00. The Morgan fingerprint density at radius 1 is 1.03 bits per heavy atom. The smallest absolute Gasteiger partial charge is 0.301 e. The van der Waals surface area contributed by atoms with E-state index in [-0.39, 0.29) is 18.5 Å². The van der Waals surface area contributed by atoms with Crippen molar-refractivity contribution in [3.8, 4) is 5.75 Å². The standard InChI is InChI=1S/C25H20FN3O3/c1-32-19-6-4-5-17(13-19)21-14-23(16-9-11-18(26)12-10-16)29(27-21)15-28-22-8-3-2-7-20(22)24(30)25(28)31/h2-13,23H,14-15H2,1H3. The van der Waals surface area contributed by atoms with Crippen molar-refractivity contribution in [2.24, 2.45) is 5.10 Å². The normalized spacial score (nSPS) is 17.6. The molecule has 2 aliphatic heterocycles. The van der Waals surface area contributed by atoms with E-state index in [9.17, 15) is 14.0 Å². The van der Waals surface area contributed by atoms with Gasteiger partial charge in [-0.05, 0) is 42.0 Å². The lowest BCUT2D eigenvalue weighted by Crippen LogP contribution is -2.39. The molecule has 3 aromatic rings. The Balaban J connectivity index is 1.51. The number of hydrogen-bond acceptors (Lipinski definition) is 5. The van der Waals surface area contributed by atoms with Gasteiger partial charge in [-0.15, -0.1) is 0 Å². The van der Waals surface area contributed by atoms with Crippen LogP contribution in [-0.2, 0) is 4.79 Å². The molecule has 0 radical (unpaired) electrons. The number of ether oxygens (including phenoxy) is 1. The maximum Gasteiger partial charge on any atom is 0.301 e. The van der Waals surface area contributed by atoms with Crippen LogP contribution in [0.2, 0.25) is 0 Å². The van der Waals surface area contributed by atoms with Gasteiger partial charge in [0.1, 0.15) is 18.2 Å². The summed E-state index contributed by atoms with van der Waals surface area (Å²) >= 11 is 0. The fourth-order valence-corrected chi connectivity index (χ4v) is 4.17. The average Bonchev–Trinajstić information content (AvgIpc) is 3.35. The first-order valence-electron chi connectivity index (χ1n) is 10.2. The second kappa shape index (κ2) is 7.92. The summed E-state index contributed by atoms with van der Waals surface area (Å²) in [7, 11) is 1.61. The molecule has 1 unspecified atom stereocenters. The molecule has 160 valence electrons. The van der Waals surface area contributed by atoms with E-state index in [1.165, 1.54) is 17.0 Å². The largest absolute Gasteiger partial charge is 0.497 e. The third-order valence-corrected chi connectivity index (χ3v) is 5.82. The van der Waals surface area contributed by atoms with Gasteiger partial charge in [0, 0.05) is 12.0 Å². The summed E-state index contributed by atoms with van der Waals surface area (Å²) in [4.78, 5) is 26.6. The molecule has 0 aromatic heterocycles. The number of anilines is 1. The van der Waals surface area contributed by atoms with Gasteiger partial charge >= 0.3 is 5.91 Å². The maximum atomic E-state index is 13.5. The second-order valence-electron chi connectivity index (χ2n) is 7.71. The number of hydrazone groups is 1. The Morgan fingerprint density at radius 3 is 2.59 bits per heavy atom. The van der Waals surface area contributed by atoms with Crippen LogP contribution in [0.25, 0.3) is 0 Å². The molecule has 0 saturated carbocycles. The molecule has 0 spiro atoms. The predicted molar refractivity (Wildman–Crippen MR) is 118 cm³/mol. The van der Waals surface area contributed by atoms with Gasteiger partial charge < -0.3 is 4.74 Å². The zero-order valence-electron chi connectivity index (χ0n) is 17.4. The molecule has 0 fully saturated rings. The topological polar surface area (TPSA) is 62.2 Å². The number of ketones is 1. The third-order valence-electron chi connectivity index (χ3n) is 5.82. The first kappa shape index (κ1) is 19.9. The number of rotatable bonds is 5. The van der Waals surface area contributed by atoms with Crippen molar-refractivity contribution >= 4 is 23.1 Å². The van der Waals surface area contributed by atoms with Crippen LogP contribution < -0.4 is 9.64 Å². The molecule has 2 heterocycles. The van der Waals surface area contributed by atoms with Crippen LogP contribution in [0.1, 0.15) is 33.9 Å². The number of carbonyl (C=O) groups is 2. The lowest BCUT2D eigenvalue weighted by molar-refractivity contribution is -0.114. The van der Waals surface area contributed by atoms with Crippen molar-refractivity contribution in [3.05, 3.63) is 95.3 Å². The van der Waals surface area contributed by atoms with E-state index in [1.54, 1.807) is 48.5 Å². The van der Waals surface area contributed by atoms with Crippen molar-refractivity contribution < 1.29 is 18.7 Å². The number of nitrogens with zero attached hydrogens (tertiary/aromatic N) is 3. The highest BCUT2D eigenvalue weighted by Gasteiger charge is 2.39. The first-order valence-corrected chi connectivity index (χ1v) is 10.2. The molecule has 2 aliphatic rings. The highest BCUT2D eigenvalue weighted by molar-refractivity contribution is 6.52. The lowest BCUT2D eigenvalue weighted by Gasteiger charge is -2.28. The minimum absolute atomic E-state index is 0.108. The average molecular weight is 429 g/mol. The van der Waals surface area contributed by atoms with Crippen molar-refractivity contribution in [3.63, 3.8) is 0 Å². The van der Waals surface area contributed by atoms with E-state index >= 15 is 0 Å². The highest BCUT2D eigenvalue weighted by atomic mass is 19.1. The van der Waals surface area contributed by atoms with Crippen LogP contribution >= 0.6 is 0 Å². The number of fused-ring (bicyclic) bond motifs is 1. The van der Waals surface area contributed by atoms with Crippen LogP contribution in [0.5, 0.6) is 5.75 Å².